The van der Waals surface area contributed by atoms with E-state index in [2.05, 4.69) is 0 Å². The number of nitrogens with two attached hydrogens (primary N) is 1. The van der Waals surface area contributed by atoms with Gasteiger partial charge in [0.2, 0.25) is 0 Å². The maximum Gasteiger partial charge on any atom is 0.253 e. The van der Waals surface area contributed by atoms with Crippen molar-refractivity contribution in [3.63, 3.8) is 0 Å². The van der Waals surface area contributed by atoms with E-state index in [1.807, 2.05) is 60.2 Å². The maximum absolute atomic E-state index is 12.7. The predicted molar refractivity (Wildman–Crippen MR) is 117 cm³/mol. The number of fused-ring (bicyclic) bond motifs is 1. The van der Waals surface area contributed by atoms with Gasteiger partial charge in [-0.25, -0.2) is 5.01 Å². The van der Waals surface area contributed by atoms with Crippen LogP contribution in [0.5, 0.6) is 11.5 Å². The maximum atomic E-state index is 12.7. The van der Waals surface area contributed by atoms with Gasteiger partial charge in [0.05, 0.1) is 0 Å². The summed E-state index contributed by atoms with van der Waals surface area (Å²) in [6.07, 6.45) is 2.50. The molecule has 3 N–H and O–H groups in total. The molecule has 0 aromatic heterocycles. The molecule has 1 spiro atoms. The van der Waals surface area contributed by atoms with E-state index in [4.69, 9.17) is 10.6 Å². The van der Waals surface area contributed by atoms with Crippen LogP contribution in [-0.2, 0) is 0 Å². The Morgan fingerprint density at radius 1 is 1.17 bits per heavy atom. The van der Waals surface area contributed by atoms with E-state index in [1.54, 1.807) is 6.07 Å². The van der Waals surface area contributed by atoms with Gasteiger partial charge < -0.3 is 14.7 Å². The van der Waals surface area contributed by atoms with Gasteiger partial charge in [0.1, 0.15) is 17.1 Å². The number of hydrogen-bond acceptors (Lipinski definition) is 5. The molecule has 0 bridgehead atoms. The third-order valence-electron chi connectivity index (χ3n) is 6.61. The molecule has 2 aliphatic rings. The van der Waals surface area contributed by atoms with Crippen LogP contribution in [0.1, 0.15) is 60.5 Å². The Morgan fingerprint density at radius 3 is 2.47 bits per heavy atom. The summed E-state index contributed by atoms with van der Waals surface area (Å²) in [5, 5.41) is 12.5. The first-order valence-electron chi connectivity index (χ1n) is 10.9. The largest absolute Gasteiger partial charge is 0.508 e. The highest BCUT2D eigenvalue weighted by molar-refractivity contribution is 5.94. The first kappa shape index (κ1) is 20.7. The average molecular weight is 410 g/mol. The standard InChI is InChI=1S/C24H31N3O3/c1-3-26(4-2)23(29)18-10-8-17(9-11-18)19-16-24(12-14-27(25)15-13-24)30-21-7-5-6-20(28)22(19)21/h5-11,19,28H,3-4,12-16,25H2,1-2H3. The second-order valence-corrected chi connectivity index (χ2v) is 8.37. The van der Waals surface area contributed by atoms with Crippen molar-refractivity contribution >= 4 is 5.91 Å². The summed E-state index contributed by atoms with van der Waals surface area (Å²) in [6, 6.07) is 13.3. The van der Waals surface area contributed by atoms with Gasteiger partial charge in [-0.1, -0.05) is 18.2 Å². The normalized spacial score (nSPS) is 20.4. The number of hydrazine groups is 1. The van der Waals surface area contributed by atoms with Crippen molar-refractivity contribution in [1.29, 1.82) is 0 Å². The Hall–Kier alpha value is -2.57. The average Bonchev–Trinajstić information content (AvgIpc) is 2.76. The van der Waals surface area contributed by atoms with Crippen molar-refractivity contribution in [2.24, 2.45) is 5.84 Å². The second kappa shape index (κ2) is 8.28. The lowest BCUT2D eigenvalue weighted by molar-refractivity contribution is -0.0196. The fourth-order valence-corrected chi connectivity index (χ4v) is 4.79. The summed E-state index contributed by atoms with van der Waals surface area (Å²) in [5.74, 6) is 7.05. The molecule has 0 aliphatic carbocycles. The molecule has 2 aromatic carbocycles. The number of phenolic OH excluding ortho intramolecular Hbond substituents is 1. The minimum absolute atomic E-state index is 0.0110. The van der Waals surface area contributed by atoms with Crippen molar-refractivity contribution in [1.82, 2.24) is 9.91 Å². The number of amides is 1. The summed E-state index contributed by atoms with van der Waals surface area (Å²) >= 11 is 0. The molecule has 1 amide bonds. The molecule has 0 radical (unpaired) electrons. The summed E-state index contributed by atoms with van der Waals surface area (Å²) in [6.45, 7) is 6.95. The van der Waals surface area contributed by atoms with Crippen molar-refractivity contribution in [3.05, 3.63) is 59.2 Å². The zero-order valence-electron chi connectivity index (χ0n) is 17.8. The van der Waals surface area contributed by atoms with Crippen LogP contribution >= 0.6 is 0 Å². The summed E-state index contributed by atoms with van der Waals surface area (Å²) in [4.78, 5) is 14.5. The molecule has 1 atom stereocenters. The Kier molecular flexibility index (Phi) is 5.71. The van der Waals surface area contributed by atoms with Gasteiger partial charge in [0.25, 0.3) is 5.91 Å². The fourth-order valence-electron chi connectivity index (χ4n) is 4.79. The van der Waals surface area contributed by atoms with Gasteiger partial charge in [-0.15, -0.1) is 0 Å². The SMILES string of the molecule is CCN(CC)C(=O)c1ccc(C2CC3(CCN(N)CC3)Oc3cccc(O)c32)cc1. The van der Waals surface area contributed by atoms with Crippen molar-refractivity contribution in [2.45, 2.75) is 44.6 Å². The van der Waals surface area contributed by atoms with E-state index in [9.17, 15) is 9.90 Å². The number of aromatic hydroxyl groups is 1. The number of carbonyl (C=O) groups is 1. The molecular formula is C24H31N3O3. The van der Waals surface area contributed by atoms with Gasteiger partial charge in [-0.2, -0.15) is 0 Å². The number of hydrogen-bond donors (Lipinski definition) is 2. The van der Waals surface area contributed by atoms with Crippen LogP contribution < -0.4 is 10.6 Å². The molecule has 160 valence electrons. The van der Waals surface area contributed by atoms with E-state index in [0.717, 1.165) is 49.2 Å². The fraction of sp³-hybridized carbons (Fsp3) is 0.458. The molecule has 4 rings (SSSR count). The molecule has 1 fully saturated rings. The van der Waals surface area contributed by atoms with Crippen LogP contribution in [0, 0.1) is 0 Å². The Balaban J connectivity index is 1.68. The van der Waals surface area contributed by atoms with Crippen molar-refractivity contribution < 1.29 is 14.6 Å². The van der Waals surface area contributed by atoms with Crippen molar-refractivity contribution in [3.8, 4) is 11.5 Å². The third-order valence-corrected chi connectivity index (χ3v) is 6.61. The molecule has 1 unspecified atom stereocenters. The third kappa shape index (κ3) is 3.77. The minimum atomic E-state index is -0.281. The lowest BCUT2D eigenvalue weighted by Crippen LogP contribution is -2.52. The van der Waals surface area contributed by atoms with E-state index >= 15 is 0 Å². The number of rotatable bonds is 4. The molecule has 1 saturated heterocycles. The smallest absolute Gasteiger partial charge is 0.253 e. The highest BCUT2D eigenvalue weighted by Gasteiger charge is 2.44. The van der Waals surface area contributed by atoms with Crippen LogP contribution in [0.25, 0.3) is 0 Å². The van der Waals surface area contributed by atoms with Gasteiger partial charge >= 0.3 is 0 Å². The minimum Gasteiger partial charge on any atom is -0.508 e. The Labute approximate surface area is 178 Å². The van der Waals surface area contributed by atoms with Crippen LogP contribution in [0.4, 0.5) is 0 Å². The quantitative estimate of drug-likeness (QED) is 0.756. The molecule has 30 heavy (non-hydrogen) atoms. The first-order valence-corrected chi connectivity index (χ1v) is 10.9. The van der Waals surface area contributed by atoms with E-state index in [0.29, 0.717) is 18.7 Å². The molecule has 2 aromatic rings. The molecule has 0 saturated carbocycles. The monoisotopic (exact) mass is 409 g/mol. The zero-order chi connectivity index (χ0) is 21.3. The van der Waals surface area contributed by atoms with Crippen LogP contribution in [-0.4, -0.2) is 52.7 Å². The Bertz CT molecular complexity index is 900. The zero-order valence-corrected chi connectivity index (χ0v) is 17.8. The molecule has 2 heterocycles. The number of carbonyl (C=O) groups excluding carboxylic acids is 1. The lowest BCUT2D eigenvalue weighted by Gasteiger charge is -2.46. The molecular weight excluding hydrogens is 378 g/mol. The topological polar surface area (TPSA) is 79.0 Å². The van der Waals surface area contributed by atoms with Gasteiger partial charge in [0.15, 0.2) is 0 Å². The summed E-state index contributed by atoms with van der Waals surface area (Å²) in [7, 11) is 0. The molecule has 2 aliphatic heterocycles. The van der Waals surface area contributed by atoms with Gasteiger partial charge in [-0.3, -0.25) is 10.6 Å². The molecule has 6 heteroatoms. The Morgan fingerprint density at radius 2 is 1.83 bits per heavy atom. The van der Waals surface area contributed by atoms with Gasteiger partial charge in [-0.05, 0) is 50.1 Å². The van der Waals surface area contributed by atoms with E-state index in [-0.39, 0.29) is 23.2 Å². The second-order valence-electron chi connectivity index (χ2n) is 8.37. The van der Waals surface area contributed by atoms with Gasteiger partial charge in [0, 0.05) is 56.1 Å². The number of nitrogens with zero attached hydrogens (tertiary/aromatic N) is 2. The highest BCUT2D eigenvalue weighted by Crippen LogP contribution is 2.50. The van der Waals surface area contributed by atoms with Crippen LogP contribution in [0.2, 0.25) is 0 Å². The van der Waals surface area contributed by atoms with E-state index in [1.165, 1.54) is 0 Å². The highest BCUT2D eigenvalue weighted by atomic mass is 16.5. The van der Waals surface area contributed by atoms with Crippen molar-refractivity contribution in [2.75, 3.05) is 26.2 Å². The predicted octanol–water partition coefficient (Wildman–Crippen LogP) is 3.50. The van der Waals surface area contributed by atoms with Crippen LogP contribution in [0.15, 0.2) is 42.5 Å². The lowest BCUT2D eigenvalue weighted by atomic mass is 9.74. The number of piperidine rings is 1. The van der Waals surface area contributed by atoms with Crippen LogP contribution in [0.3, 0.4) is 0 Å². The summed E-state index contributed by atoms with van der Waals surface area (Å²) < 4.78 is 6.46. The summed E-state index contributed by atoms with van der Waals surface area (Å²) in [5.41, 5.74) is 2.34. The van der Waals surface area contributed by atoms with E-state index < -0.39 is 0 Å². The number of benzene rings is 2. The number of ether oxygens (including phenoxy) is 1. The number of phenols is 1. The molecule has 6 nitrogen and oxygen atoms in total. The first-order chi connectivity index (χ1) is 14.5.